The normalized spacial score (nSPS) is 12.2. The predicted molar refractivity (Wildman–Crippen MR) is 102 cm³/mol. The van der Waals surface area contributed by atoms with Crippen molar-refractivity contribution in [3.63, 3.8) is 0 Å². The largest absolute Gasteiger partial charge is 0.364 e. The number of hydrogen-bond donors (Lipinski definition) is 2. The molecule has 1 atom stereocenters. The number of rotatable bonds is 4. The molecular weight excluding hydrogens is 375 g/mol. The molecule has 1 aromatic carbocycles. The second-order valence-electron chi connectivity index (χ2n) is 5.93. The number of nitrogens with one attached hydrogen (secondary N) is 1. The van der Waals surface area contributed by atoms with Gasteiger partial charge in [0.2, 0.25) is 0 Å². The van der Waals surface area contributed by atoms with Gasteiger partial charge in [-0.15, -0.1) is 0 Å². The molecule has 0 saturated heterocycles. The molecule has 0 aliphatic carbocycles. The van der Waals surface area contributed by atoms with E-state index in [0.717, 1.165) is 10.9 Å². The van der Waals surface area contributed by atoms with Crippen LogP contribution in [0, 0.1) is 0 Å². The van der Waals surface area contributed by atoms with Crippen LogP contribution >= 0.6 is 23.2 Å². The van der Waals surface area contributed by atoms with Crippen LogP contribution in [-0.4, -0.2) is 21.4 Å². The lowest BCUT2D eigenvalue weighted by atomic mass is 10.1. The van der Waals surface area contributed by atoms with Gasteiger partial charge in [-0.05, 0) is 31.2 Å². The van der Waals surface area contributed by atoms with Gasteiger partial charge >= 0.3 is 0 Å². The molecule has 0 spiro atoms. The molecule has 3 N–H and O–H groups in total. The number of carbonyl (C=O) groups is 2. The Bertz CT molecular complexity index is 1030. The van der Waals surface area contributed by atoms with Crippen LogP contribution in [-0.2, 0) is 7.05 Å². The second kappa shape index (κ2) is 6.97. The third kappa shape index (κ3) is 3.38. The van der Waals surface area contributed by atoms with Gasteiger partial charge in [0.05, 0.1) is 6.04 Å². The average Bonchev–Trinajstić information content (AvgIpc) is 2.91. The van der Waals surface area contributed by atoms with E-state index in [9.17, 15) is 9.59 Å². The quantitative estimate of drug-likeness (QED) is 0.668. The Kier molecular flexibility index (Phi) is 4.89. The number of nitrogens with zero attached hydrogens (tertiary/aromatic N) is 2. The number of benzene rings is 1. The van der Waals surface area contributed by atoms with Gasteiger partial charge in [0, 0.05) is 28.5 Å². The van der Waals surface area contributed by atoms with Crippen molar-refractivity contribution in [1.29, 1.82) is 0 Å². The van der Waals surface area contributed by atoms with Crippen LogP contribution in [0.1, 0.15) is 39.5 Å². The molecule has 134 valence electrons. The highest BCUT2D eigenvalue weighted by atomic mass is 35.5. The van der Waals surface area contributed by atoms with Crippen LogP contribution in [0.3, 0.4) is 0 Å². The number of hydrogen-bond acceptors (Lipinski definition) is 3. The lowest BCUT2D eigenvalue weighted by Crippen LogP contribution is -2.28. The highest BCUT2D eigenvalue weighted by Gasteiger charge is 2.19. The summed E-state index contributed by atoms with van der Waals surface area (Å²) in [6.07, 6.45) is 0. The lowest BCUT2D eigenvalue weighted by Gasteiger charge is -2.16. The number of nitrogens with two attached hydrogens (primary N) is 1. The molecule has 0 bridgehead atoms. The van der Waals surface area contributed by atoms with E-state index in [1.165, 1.54) is 6.07 Å². The molecule has 1 unspecified atom stereocenters. The number of amides is 2. The molecule has 2 amide bonds. The fraction of sp³-hybridized carbons (Fsp3) is 0.167. The first-order chi connectivity index (χ1) is 12.3. The summed E-state index contributed by atoms with van der Waals surface area (Å²) in [6, 6.07) is 9.93. The molecule has 0 aliphatic heterocycles. The summed E-state index contributed by atoms with van der Waals surface area (Å²) in [4.78, 5) is 27.8. The first-order valence-electron chi connectivity index (χ1n) is 7.80. The van der Waals surface area contributed by atoms with Gasteiger partial charge in [0.25, 0.3) is 11.8 Å². The van der Waals surface area contributed by atoms with Crippen molar-refractivity contribution in [2.75, 3.05) is 0 Å². The molecule has 2 aromatic heterocycles. The van der Waals surface area contributed by atoms with Crippen LogP contribution in [0.5, 0.6) is 0 Å². The zero-order valence-electron chi connectivity index (χ0n) is 14.1. The van der Waals surface area contributed by atoms with E-state index >= 15 is 0 Å². The monoisotopic (exact) mass is 390 g/mol. The number of carbonyl (C=O) groups excluding carboxylic acids is 2. The summed E-state index contributed by atoms with van der Waals surface area (Å²) in [7, 11) is 1.80. The number of aromatic nitrogens is 2. The number of primary amides is 1. The first kappa shape index (κ1) is 18.2. The maximum Gasteiger partial charge on any atom is 0.268 e. The van der Waals surface area contributed by atoms with E-state index in [1.807, 2.05) is 6.07 Å². The van der Waals surface area contributed by atoms with E-state index < -0.39 is 11.9 Å². The standard InChI is InChI=1S/C18H16Cl2N4O2/c1-9(12-5-6-13(17(21)25)23-16(12)20)22-18(26)15-7-10-3-4-11(19)8-14(10)24(15)2/h3-9H,1-2H3,(H2,21,25)(H,22,26). The fourth-order valence-electron chi connectivity index (χ4n) is 2.77. The summed E-state index contributed by atoms with van der Waals surface area (Å²) >= 11 is 12.1. The van der Waals surface area contributed by atoms with Gasteiger partial charge in [-0.1, -0.05) is 35.3 Å². The molecule has 26 heavy (non-hydrogen) atoms. The van der Waals surface area contributed by atoms with Crippen LogP contribution in [0.25, 0.3) is 10.9 Å². The Morgan fingerprint density at radius 3 is 2.58 bits per heavy atom. The minimum Gasteiger partial charge on any atom is -0.364 e. The van der Waals surface area contributed by atoms with E-state index in [0.29, 0.717) is 16.3 Å². The first-order valence-corrected chi connectivity index (χ1v) is 8.55. The van der Waals surface area contributed by atoms with Gasteiger partial charge in [0.1, 0.15) is 16.5 Å². The number of aryl methyl sites for hydroxylation is 1. The average molecular weight is 391 g/mol. The van der Waals surface area contributed by atoms with Gasteiger partial charge in [-0.3, -0.25) is 9.59 Å². The summed E-state index contributed by atoms with van der Waals surface area (Å²) in [5.74, 6) is -0.924. The topological polar surface area (TPSA) is 90.0 Å². The van der Waals surface area contributed by atoms with Crippen LogP contribution in [0.2, 0.25) is 10.2 Å². The molecule has 3 aromatic rings. The third-order valence-electron chi connectivity index (χ3n) is 4.18. The summed E-state index contributed by atoms with van der Waals surface area (Å²) in [5, 5.41) is 4.53. The Morgan fingerprint density at radius 2 is 1.92 bits per heavy atom. The molecule has 6 nitrogen and oxygen atoms in total. The van der Waals surface area contributed by atoms with Gasteiger partial charge < -0.3 is 15.6 Å². The van der Waals surface area contributed by atoms with Crippen molar-refractivity contribution >= 4 is 45.9 Å². The molecule has 0 aliphatic rings. The highest BCUT2D eigenvalue weighted by molar-refractivity contribution is 6.31. The van der Waals surface area contributed by atoms with Crippen molar-refractivity contribution in [1.82, 2.24) is 14.9 Å². The zero-order valence-corrected chi connectivity index (χ0v) is 15.6. The Hall–Kier alpha value is -2.57. The molecule has 2 heterocycles. The molecule has 0 radical (unpaired) electrons. The zero-order chi connectivity index (χ0) is 19.0. The molecule has 0 fully saturated rings. The van der Waals surface area contributed by atoms with E-state index in [2.05, 4.69) is 10.3 Å². The number of fused-ring (bicyclic) bond motifs is 1. The van der Waals surface area contributed by atoms with E-state index in [-0.39, 0.29) is 16.8 Å². The molecule has 8 heteroatoms. The molecule has 0 saturated carbocycles. The van der Waals surface area contributed by atoms with Crippen LogP contribution in [0.15, 0.2) is 36.4 Å². The smallest absolute Gasteiger partial charge is 0.268 e. The maximum atomic E-state index is 12.7. The van der Waals surface area contributed by atoms with Crippen molar-refractivity contribution in [2.24, 2.45) is 12.8 Å². The van der Waals surface area contributed by atoms with Crippen molar-refractivity contribution in [2.45, 2.75) is 13.0 Å². The number of pyridine rings is 1. The molecule has 3 rings (SSSR count). The van der Waals surface area contributed by atoms with Crippen molar-refractivity contribution in [3.05, 3.63) is 63.5 Å². The van der Waals surface area contributed by atoms with Gasteiger partial charge in [-0.25, -0.2) is 4.98 Å². The van der Waals surface area contributed by atoms with E-state index in [1.54, 1.807) is 42.8 Å². The maximum absolute atomic E-state index is 12.7. The summed E-state index contributed by atoms with van der Waals surface area (Å²) < 4.78 is 1.78. The summed E-state index contributed by atoms with van der Waals surface area (Å²) in [5.41, 5.74) is 7.20. The Labute approximate surface area is 159 Å². The summed E-state index contributed by atoms with van der Waals surface area (Å²) in [6.45, 7) is 1.78. The van der Waals surface area contributed by atoms with E-state index in [4.69, 9.17) is 28.9 Å². The van der Waals surface area contributed by atoms with Crippen molar-refractivity contribution < 1.29 is 9.59 Å². The van der Waals surface area contributed by atoms with Gasteiger partial charge in [0.15, 0.2) is 0 Å². The highest BCUT2D eigenvalue weighted by Crippen LogP contribution is 2.25. The molecular formula is C18H16Cl2N4O2. The fourth-order valence-corrected chi connectivity index (χ4v) is 3.26. The van der Waals surface area contributed by atoms with Crippen molar-refractivity contribution in [3.8, 4) is 0 Å². The minimum atomic E-state index is -0.663. The minimum absolute atomic E-state index is 0.0721. The SMILES string of the molecule is CC(NC(=O)c1cc2ccc(Cl)cc2n1C)c1ccc(C(N)=O)nc1Cl. The lowest BCUT2D eigenvalue weighted by molar-refractivity contribution is 0.0930. The Balaban J connectivity index is 1.86. The number of halogens is 2. The van der Waals surface area contributed by atoms with Crippen LogP contribution in [0.4, 0.5) is 0 Å². The Morgan fingerprint density at radius 1 is 1.19 bits per heavy atom. The van der Waals surface area contributed by atoms with Crippen LogP contribution < -0.4 is 11.1 Å². The second-order valence-corrected chi connectivity index (χ2v) is 6.72. The third-order valence-corrected chi connectivity index (χ3v) is 4.72. The predicted octanol–water partition coefficient (Wildman–Crippen LogP) is 3.47. The van der Waals surface area contributed by atoms with Gasteiger partial charge in [-0.2, -0.15) is 0 Å².